The summed E-state index contributed by atoms with van der Waals surface area (Å²) < 4.78 is 58.2. The van der Waals surface area contributed by atoms with Gasteiger partial charge in [0.05, 0.1) is 18.3 Å². The average molecular weight is 394 g/mol. The second-order valence-electron chi connectivity index (χ2n) is 7.04. The molecule has 2 aromatic carbocycles. The Bertz CT molecular complexity index is 914. The van der Waals surface area contributed by atoms with E-state index in [1.54, 1.807) is 6.07 Å². The first-order chi connectivity index (χ1) is 13.3. The minimum atomic E-state index is -4.58. The molecule has 1 atom stereocenters. The number of ether oxygens (including phenoxy) is 1. The van der Waals surface area contributed by atoms with Gasteiger partial charge in [-0.3, -0.25) is 9.69 Å². The molecule has 4 rings (SSSR count). The number of benzene rings is 2. The monoisotopic (exact) mass is 394 g/mol. The van der Waals surface area contributed by atoms with E-state index in [0.29, 0.717) is 37.9 Å². The summed E-state index contributed by atoms with van der Waals surface area (Å²) >= 11 is 0. The molecule has 0 radical (unpaired) electrons. The number of morpholine rings is 1. The molecule has 8 heteroatoms. The second-order valence-corrected chi connectivity index (χ2v) is 7.04. The van der Waals surface area contributed by atoms with Crippen molar-refractivity contribution in [3.8, 4) is 0 Å². The number of hydrogen-bond donors (Lipinski definition) is 1. The van der Waals surface area contributed by atoms with Crippen LogP contribution < -0.4 is 5.32 Å². The van der Waals surface area contributed by atoms with Crippen molar-refractivity contribution in [3.63, 3.8) is 0 Å². The van der Waals surface area contributed by atoms with Crippen LogP contribution in [-0.2, 0) is 24.0 Å². The van der Waals surface area contributed by atoms with Crippen LogP contribution in [0.2, 0.25) is 0 Å². The van der Waals surface area contributed by atoms with Gasteiger partial charge in [-0.2, -0.15) is 13.2 Å². The number of nitrogens with one attached hydrogen (secondary N) is 1. The van der Waals surface area contributed by atoms with Gasteiger partial charge in [0, 0.05) is 31.7 Å². The Morgan fingerprint density at radius 1 is 1.18 bits per heavy atom. The zero-order valence-corrected chi connectivity index (χ0v) is 14.9. The van der Waals surface area contributed by atoms with Crippen LogP contribution >= 0.6 is 0 Å². The summed E-state index contributed by atoms with van der Waals surface area (Å²) in [7, 11) is 0. The summed E-state index contributed by atoms with van der Waals surface area (Å²) in [6.07, 6.45) is -4.84. The van der Waals surface area contributed by atoms with Crippen molar-refractivity contribution in [2.24, 2.45) is 0 Å². The summed E-state index contributed by atoms with van der Waals surface area (Å²) in [5, 5.41) is 2.76. The van der Waals surface area contributed by atoms with Crippen LogP contribution in [0.1, 0.15) is 38.7 Å². The van der Waals surface area contributed by atoms with Crippen molar-refractivity contribution in [1.29, 1.82) is 0 Å². The van der Waals surface area contributed by atoms with Crippen molar-refractivity contribution < 1.29 is 27.1 Å². The fourth-order valence-electron chi connectivity index (χ4n) is 3.66. The van der Waals surface area contributed by atoms with Gasteiger partial charge in [-0.15, -0.1) is 0 Å². The van der Waals surface area contributed by atoms with E-state index in [9.17, 15) is 22.4 Å². The van der Waals surface area contributed by atoms with Gasteiger partial charge >= 0.3 is 6.18 Å². The number of alkyl halides is 3. The van der Waals surface area contributed by atoms with E-state index >= 15 is 0 Å². The molecule has 2 aliphatic heterocycles. The molecule has 2 heterocycles. The lowest BCUT2D eigenvalue weighted by Crippen LogP contribution is -2.37. The van der Waals surface area contributed by atoms with Gasteiger partial charge in [0.1, 0.15) is 5.82 Å². The number of nitrogens with zero attached hydrogens (tertiary/aromatic N) is 1. The molecule has 1 N–H and O–H groups in total. The molecule has 0 bridgehead atoms. The molecule has 1 fully saturated rings. The lowest BCUT2D eigenvalue weighted by Gasteiger charge is -2.33. The van der Waals surface area contributed by atoms with Gasteiger partial charge in [-0.25, -0.2) is 4.39 Å². The fourth-order valence-corrected chi connectivity index (χ4v) is 3.66. The van der Waals surface area contributed by atoms with Crippen LogP contribution in [0.5, 0.6) is 0 Å². The molecule has 0 spiro atoms. The molecule has 1 unspecified atom stereocenters. The predicted octanol–water partition coefficient (Wildman–Crippen LogP) is 3.66. The number of fused-ring (bicyclic) bond motifs is 1. The van der Waals surface area contributed by atoms with E-state index < -0.39 is 17.6 Å². The van der Waals surface area contributed by atoms with E-state index in [4.69, 9.17) is 4.74 Å². The quantitative estimate of drug-likeness (QED) is 0.808. The number of hydrogen-bond acceptors (Lipinski definition) is 3. The third kappa shape index (κ3) is 3.88. The third-order valence-corrected chi connectivity index (χ3v) is 5.03. The molecule has 2 aliphatic rings. The van der Waals surface area contributed by atoms with Gasteiger partial charge in [-0.05, 0) is 41.0 Å². The molecular formula is C20H18F4N2O2. The Labute approximate surface area is 159 Å². The minimum Gasteiger partial charge on any atom is -0.371 e. The van der Waals surface area contributed by atoms with E-state index in [2.05, 4.69) is 5.32 Å². The highest BCUT2D eigenvalue weighted by atomic mass is 19.4. The Kier molecular flexibility index (Phi) is 4.84. The first-order valence-electron chi connectivity index (χ1n) is 8.91. The average Bonchev–Trinajstić information content (AvgIpc) is 3.01. The summed E-state index contributed by atoms with van der Waals surface area (Å²) in [4.78, 5) is 13.6. The number of rotatable bonds is 3. The third-order valence-electron chi connectivity index (χ3n) is 5.03. The molecule has 2 aromatic rings. The van der Waals surface area contributed by atoms with Gasteiger partial charge < -0.3 is 10.1 Å². The van der Waals surface area contributed by atoms with Crippen LogP contribution in [0.3, 0.4) is 0 Å². The highest BCUT2D eigenvalue weighted by molar-refractivity contribution is 5.98. The standard InChI is InChI=1S/C20H18F4N2O2/c21-16-6-12(5-15(8-16)20(22,23)24)10-26-3-4-28-18(11-26)13-1-2-17-14(7-13)9-25-19(17)27/h1-2,5-8,18H,3-4,9-11H2,(H,25,27). The molecule has 0 aliphatic carbocycles. The van der Waals surface area contributed by atoms with E-state index in [-0.39, 0.29) is 24.1 Å². The lowest BCUT2D eigenvalue weighted by atomic mass is 10.0. The van der Waals surface area contributed by atoms with E-state index in [1.807, 2.05) is 17.0 Å². The topological polar surface area (TPSA) is 41.6 Å². The second kappa shape index (κ2) is 7.18. The lowest BCUT2D eigenvalue weighted by molar-refractivity contribution is -0.137. The van der Waals surface area contributed by atoms with Gasteiger partial charge in [0.15, 0.2) is 0 Å². The highest BCUT2D eigenvalue weighted by Gasteiger charge is 2.32. The van der Waals surface area contributed by atoms with Gasteiger partial charge in [-0.1, -0.05) is 12.1 Å². The highest BCUT2D eigenvalue weighted by Crippen LogP contribution is 2.31. The van der Waals surface area contributed by atoms with Crippen molar-refractivity contribution in [3.05, 3.63) is 70.0 Å². The first-order valence-corrected chi connectivity index (χ1v) is 8.91. The normalized spacial score (nSPS) is 20.1. The van der Waals surface area contributed by atoms with E-state index in [0.717, 1.165) is 23.3 Å². The van der Waals surface area contributed by atoms with Crippen molar-refractivity contribution in [2.45, 2.75) is 25.4 Å². The Morgan fingerprint density at radius 2 is 2.00 bits per heavy atom. The zero-order valence-electron chi connectivity index (χ0n) is 14.9. The fraction of sp³-hybridized carbons (Fsp3) is 0.350. The van der Waals surface area contributed by atoms with Crippen LogP contribution in [0.4, 0.5) is 17.6 Å². The molecule has 4 nitrogen and oxygen atoms in total. The molecule has 1 saturated heterocycles. The molecular weight excluding hydrogens is 376 g/mol. The molecule has 0 saturated carbocycles. The Balaban J connectivity index is 1.49. The Morgan fingerprint density at radius 3 is 2.79 bits per heavy atom. The van der Waals surface area contributed by atoms with Crippen LogP contribution in [0, 0.1) is 5.82 Å². The molecule has 0 aromatic heterocycles. The molecule has 148 valence electrons. The number of amides is 1. The molecule has 28 heavy (non-hydrogen) atoms. The maximum Gasteiger partial charge on any atom is 0.416 e. The summed E-state index contributed by atoms with van der Waals surface area (Å²) in [5.74, 6) is -0.996. The SMILES string of the molecule is O=C1NCc2cc(C3CN(Cc4cc(F)cc(C(F)(F)F)c4)CCO3)ccc21. The van der Waals surface area contributed by atoms with E-state index in [1.165, 1.54) is 0 Å². The van der Waals surface area contributed by atoms with Crippen LogP contribution in [-0.4, -0.2) is 30.5 Å². The van der Waals surface area contributed by atoms with Crippen molar-refractivity contribution in [1.82, 2.24) is 10.2 Å². The predicted molar refractivity (Wildman–Crippen MR) is 93.0 cm³/mol. The van der Waals surface area contributed by atoms with Crippen LogP contribution in [0.25, 0.3) is 0 Å². The number of carbonyl (C=O) groups is 1. The maximum atomic E-state index is 13.6. The number of halogens is 4. The largest absolute Gasteiger partial charge is 0.416 e. The van der Waals surface area contributed by atoms with Crippen LogP contribution in [0.15, 0.2) is 36.4 Å². The summed E-state index contributed by atoms with van der Waals surface area (Å²) in [6, 6.07) is 8.14. The maximum absolute atomic E-state index is 13.6. The van der Waals surface area contributed by atoms with Gasteiger partial charge in [0.25, 0.3) is 5.91 Å². The smallest absolute Gasteiger partial charge is 0.371 e. The zero-order chi connectivity index (χ0) is 19.9. The first kappa shape index (κ1) is 18.9. The minimum absolute atomic E-state index is 0.0979. The summed E-state index contributed by atoms with van der Waals surface area (Å²) in [5.41, 5.74) is 1.76. The summed E-state index contributed by atoms with van der Waals surface area (Å²) in [6.45, 7) is 2.10. The number of carbonyl (C=O) groups excluding carboxylic acids is 1. The van der Waals surface area contributed by atoms with Crippen molar-refractivity contribution >= 4 is 5.91 Å². The Hall–Kier alpha value is -2.45. The van der Waals surface area contributed by atoms with Crippen molar-refractivity contribution in [2.75, 3.05) is 19.7 Å². The van der Waals surface area contributed by atoms with Gasteiger partial charge in [0.2, 0.25) is 0 Å². The molecule has 1 amide bonds.